The van der Waals surface area contributed by atoms with Crippen LogP contribution in [0.4, 0.5) is 5.82 Å². The summed E-state index contributed by atoms with van der Waals surface area (Å²) in [5, 5.41) is 7.58. The van der Waals surface area contributed by atoms with Gasteiger partial charge in [0.2, 0.25) is 0 Å². The second-order valence-corrected chi connectivity index (χ2v) is 6.40. The first-order valence-corrected chi connectivity index (χ1v) is 8.46. The zero-order valence-electron chi connectivity index (χ0n) is 14.4. The number of carbonyl (C=O) groups is 1. The minimum absolute atomic E-state index is 0.0805. The maximum Gasteiger partial charge on any atom is 0.274 e. The molecule has 25 heavy (non-hydrogen) atoms. The van der Waals surface area contributed by atoms with Crippen molar-refractivity contribution in [3.05, 3.63) is 46.8 Å². The number of hydrogen-bond acceptors (Lipinski definition) is 6. The number of anilines is 1. The highest BCUT2D eigenvalue weighted by molar-refractivity contribution is 5.92. The standard InChI is InChI=1S/C17H22N6O2/c1-12(2)23-16(24)4-3-14(21-23)17(25)22-9-6-13(7-10-22)20-15-5-8-18-11-19-15/h3-5,8,11-13H,6-7,9-10H2,1-2H3,(H,18,19,20). The molecule has 1 aliphatic heterocycles. The number of amides is 1. The van der Waals surface area contributed by atoms with E-state index in [0.717, 1.165) is 18.7 Å². The molecule has 0 aromatic carbocycles. The van der Waals surface area contributed by atoms with E-state index in [-0.39, 0.29) is 23.6 Å². The second-order valence-electron chi connectivity index (χ2n) is 6.40. The molecule has 0 saturated carbocycles. The zero-order chi connectivity index (χ0) is 17.8. The predicted molar refractivity (Wildman–Crippen MR) is 93.5 cm³/mol. The highest BCUT2D eigenvalue weighted by Crippen LogP contribution is 2.16. The van der Waals surface area contributed by atoms with Crippen LogP contribution >= 0.6 is 0 Å². The van der Waals surface area contributed by atoms with Crippen LogP contribution < -0.4 is 10.9 Å². The Kier molecular flexibility index (Phi) is 5.06. The van der Waals surface area contributed by atoms with Gasteiger partial charge in [-0.1, -0.05) is 0 Å². The smallest absolute Gasteiger partial charge is 0.274 e. The average molecular weight is 342 g/mol. The first kappa shape index (κ1) is 17.1. The van der Waals surface area contributed by atoms with Crippen LogP contribution in [0.2, 0.25) is 0 Å². The quantitative estimate of drug-likeness (QED) is 0.901. The summed E-state index contributed by atoms with van der Waals surface area (Å²) in [4.78, 5) is 34.3. The largest absolute Gasteiger partial charge is 0.367 e. The molecule has 1 N–H and O–H groups in total. The highest BCUT2D eigenvalue weighted by Gasteiger charge is 2.25. The molecule has 3 heterocycles. The van der Waals surface area contributed by atoms with Crippen LogP contribution in [0.15, 0.2) is 35.5 Å². The van der Waals surface area contributed by atoms with E-state index < -0.39 is 0 Å². The predicted octanol–water partition coefficient (Wildman–Crippen LogP) is 1.33. The van der Waals surface area contributed by atoms with Crippen molar-refractivity contribution in [3.8, 4) is 0 Å². The molecule has 0 aliphatic carbocycles. The van der Waals surface area contributed by atoms with Crippen LogP contribution in [0, 0.1) is 0 Å². The van der Waals surface area contributed by atoms with Crippen molar-refractivity contribution in [2.45, 2.75) is 38.8 Å². The van der Waals surface area contributed by atoms with Gasteiger partial charge in [-0.05, 0) is 38.8 Å². The van der Waals surface area contributed by atoms with Gasteiger partial charge in [-0.25, -0.2) is 14.6 Å². The lowest BCUT2D eigenvalue weighted by molar-refractivity contribution is 0.0709. The lowest BCUT2D eigenvalue weighted by Gasteiger charge is -2.32. The van der Waals surface area contributed by atoms with Gasteiger partial charge in [0.25, 0.3) is 11.5 Å². The van der Waals surface area contributed by atoms with Crippen molar-refractivity contribution in [3.63, 3.8) is 0 Å². The number of hydrogen-bond donors (Lipinski definition) is 1. The summed E-state index contributed by atoms with van der Waals surface area (Å²) < 4.78 is 1.34. The fraction of sp³-hybridized carbons (Fsp3) is 0.471. The number of carbonyl (C=O) groups excluding carboxylic acids is 1. The van der Waals surface area contributed by atoms with Crippen molar-refractivity contribution in [1.29, 1.82) is 0 Å². The van der Waals surface area contributed by atoms with Crippen molar-refractivity contribution < 1.29 is 4.79 Å². The Morgan fingerprint density at radius 2 is 2.00 bits per heavy atom. The minimum Gasteiger partial charge on any atom is -0.367 e. The highest BCUT2D eigenvalue weighted by atomic mass is 16.2. The molecule has 0 atom stereocenters. The first-order chi connectivity index (χ1) is 12.0. The Balaban J connectivity index is 1.62. The number of aromatic nitrogens is 4. The molecule has 0 spiro atoms. The maximum absolute atomic E-state index is 12.7. The molecule has 3 rings (SSSR count). The molecule has 1 aliphatic rings. The van der Waals surface area contributed by atoms with Gasteiger partial charge in [0.05, 0.1) is 6.04 Å². The summed E-state index contributed by atoms with van der Waals surface area (Å²) in [5.41, 5.74) is 0.120. The van der Waals surface area contributed by atoms with Crippen LogP contribution in [0.1, 0.15) is 43.2 Å². The molecule has 8 heteroatoms. The second kappa shape index (κ2) is 7.42. The molecule has 8 nitrogen and oxygen atoms in total. The van der Waals surface area contributed by atoms with Crippen LogP contribution in [0.5, 0.6) is 0 Å². The van der Waals surface area contributed by atoms with Crippen LogP contribution in [-0.4, -0.2) is 49.7 Å². The van der Waals surface area contributed by atoms with E-state index in [4.69, 9.17) is 0 Å². The Morgan fingerprint density at radius 3 is 2.64 bits per heavy atom. The number of likely N-dealkylation sites (tertiary alicyclic amines) is 1. The molecule has 2 aromatic heterocycles. The fourth-order valence-corrected chi connectivity index (χ4v) is 2.88. The van der Waals surface area contributed by atoms with E-state index in [1.54, 1.807) is 11.1 Å². The molecule has 2 aromatic rings. The normalized spacial score (nSPS) is 15.4. The summed E-state index contributed by atoms with van der Waals surface area (Å²) in [6.45, 7) is 5.02. The third-order valence-corrected chi connectivity index (χ3v) is 4.25. The Labute approximate surface area is 145 Å². The molecule has 1 fully saturated rings. The van der Waals surface area contributed by atoms with E-state index in [1.165, 1.54) is 23.1 Å². The van der Waals surface area contributed by atoms with Gasteiger partial charge in [0.15, 0.2) is 0 Å². The summed E-state index contributed by atoms with van der Waals surface area (Å²) in [6.07, 6.45) is 4.87. The summed E-state index contributed by atoms with van der Waals surface area (Å²) in [5.74, 6) is 0.667. The molecule has 1 saturated heterocycles. The average Bonchev–Trinajstić information content (AvgIpc) is 2.63. The van der Waals surface area contributed by atoms with Gasteiger partial charge in [-0.15, -0.1) is 0 Å². The van der Waals surface area contributed by atoms with Crippen molar-refractivity contribution in [1.82, 2.24) is 24.6 Å². The van der Waals surface area contributed by atoms with Crippen LogP contribution in [-0.2, 0) is 0 Å². The number of nitrogens with one attached hydrogen (secondary N) is 1. The SMILES string of the molecule is CC(C)n1nc(C(=O)N2CCC(Nc3ccncn3)CC2)ccc1=O. The lowest BCUT2D eigenvalue weighted by Crippen LogP contribution is -2.43. The van der Waals surface area contributed by atoms with E-state index in [1.807, 2.05) is 19.9 Å². The number of nitrogens with zero attached hydrogens (tertiary/aromatic N) is 5. The fourth-order valence-electron chi connectivity index (χ4n) is 2.88. The monoisotopic (exact) mass is 342 g/mol. The third-order valence-electron chi connectivity index (χ3n) is 4.25. The van der Waals surface area contributed by atoms with E-state index in [2.05, 4.69) is 20.4 Å². The maximum atomic E-state index is 12.7. The van der Waals surface area contributed by atoms with Gasteiger partial charge in [0.1, 0.15) is 17.8 Å². The van der Waals surface area contributed by atoms with Crippen molar-refractivity contribution >= 4 is 11.7 Å². The van der Waals surface area contributed by atoms with Crippen molar-refractivity contribution in [2.75, 3.05) is 18.4 Å². The number of piperidine rings is 1. The van der Waals surface area contributed by atoms with Gasteiger partial charge in [-0.3, -0.25) is 9.59 Å². The molecular weight excluding hydrogens is 320 g/mol. The first-order valence-electron chi connectivity index (χ1n) is 8.46. The third kappa shape index (κ3) is 4.01. The summed E-state index contributed by atoms with van der Waals surface area (Å²) in [7, 11) is 0. The van der Waals surface area contributed by atoms with E-state index in [0.29, 0.717) is 18.8 Å². The summed E-state index contributed by atoms with van der Waals surface area (Å²) in [6, 6.07) is 4.94. The van der Waals surface area contributed by atoms with Gasteiger partial charge in [0, 0.05) is 31.4 Å². The lowest BCUT2D eigenvalue weighted by atomic mass is 10.0. The Morgan fingerprint density at radius 1 is 1.24 bits per heavy atom. The molecule has 132 valence electrons. The molecule has 1 amide bonds. The van der Waals surface area contributed by atoms with Gasteiger partial charge < -0.3 is 10.2 Å². The van der Waals surface area contributed by atoms with E-state index in [9.17, 15) is 9.59 Å². The molecule has 0 bridgehead atoms. The topological polar surface area (TPSA) is 93.0 Å². The zero-order valence-corrected chi connectivity index (χ0v) is 14.4. The van der Waals surface area contributed by atoms with Crippen LogP contribution in [0.25, 0.3) is 0 Å². The van der Waals surface area contributed by atoms with Gasteiger partial charge in [-0.2, -0.15) is 5.10 Å². The van der Waals surface area contributed by atoms with Gasteiger partial charge >= 0.3 is 0 Å². The van der Waals surface area contributed by atoms with Crippen LogP contribution in [0.3, 0.4) is 0 Å². The molecular formula is C17H22N6O2. The molecule has 0 unspecified atom stereocenters. The minimum atomic E-state index is -0.195. The van der Waals surface area contributed by atoms with Crippen molar-refractivity contribution in [2.24, 2.45) is 0 Å². The Hall–Kier alpha value is -2.77. The van der Waals surface area contributed by atoms with E-state index >= 15 is 0 Å². The molecule has 0 radical (unpaired) electrons. The Bertz CT molecular complexity index is 781. The summed E-state index contributed by atoms with van der Waals surface area (Å²) >= 11 is 0. The number of rotatable bonds is 4.